The molecular weight excluding hydrogens is 438 g/mol. The molecule has 1 N–H and O–H groups in total. The number of piperazine rings is 1. The second-order valence-electron chi connectivity index (χ2n) is 9.21. The molecule has 3 amide bonds. The summed E-state index contributed by atoms with van der Waals surface area (Å²) in [4.78, 5) is 36.4. The second kappa shape index (κ2) is 9.40. The van der Waals surface area contributed by atoms with Crippen LogP contribution in [0.4, 0.5) is 4.79 Å². The predicted molar refractivity (Wildman–Crippen MR) is 127 cm³/mol. The summed E-state index contributed by atoms with van der Waals surface area (Å²) in [5.41, 5.74) is 1.54. The maximum atomic E-state index is 13.0. The van der Waals surface area contributed by atoms with E-state index in [0.29, 0.717) is 6.67 Å². The number of hydrogen-bond acceptors (Lipinski definition) is 7. The quantitative estimate of drug-likeness (QED) is 0.655. The topological polar surface area (TPSA) is 78.0 Å². The van der Waals surface area contributed by atoms with Gasteiger partial charge in [-0.15, -0.1) is 11.3 Å². The first-order valence-corrected chi connectivity index (χ1v) is 12.6. The zero-order chi connectivity index (χ0) is 22.8. The summed E-state index contributed by atoms with van der Waals surface area (Å²) < 4.78 is 5.23. The van der Waals surface area contributed by atoms with Gasteiger partial charge in [-0.05, 0) is 37.1 Å². The molecule has 0 atom stereocenters. The number of nitrogens with one attached hydrogen (secondary N) is 1. The molecule has 1 aromatic carbocycles. The summed E-state index contributed by atoms with van der Waals surface area (Å²) in [7, 11) is 1.67. The maximum absolute atomic E-state index is 13.0. The van der Waals surface area contributed by atoms with Crippen molar-refractivity contribution in [1.82, 2.24) is 25.0 Å². The van der Waals surface area contributed by atoms with Gasteiger partial charge in [0.25, 0.3) is 5.91 Å². The first kappa shape index (κ1) is 22.3. The molecule has 1 aliphatic carbocycles. The van der Waals surface area contributed by atoms with Crippen molar-refractivity contribution in [3.05, 3.63) is 35.3 Å². The Balaban J connectivity index is 1.12. The van der Waals surface area contributed by atoms with Gasteiger partial charge < -0.3 is 10.1 Å². The van der Waals surface area contributed by atoms with E-state index in [1.807, 2.05) is 24.3 Å². The molecule has 176 valence electrons. The van der Waals surface area contributed by atoms with Crippen molar-refractivity contribution in [2.24, 2.45) is 0 Å². The number of nitrogens with zero attached hydrogens (tertiary/aromatic N) is 4. The number of thiazole rings is 1. The number of imide groups is 1. The minimum Gasteiger partial charge on any atom is -0.497 e. The summed E-state index contributed by atoms with van der Waals surface area (Å²) in [5.74, 6) is 0.818. The predicted octanol–water partition coefficient (Wildman–Crippen LogP) is 3.15. The second-order valence-corrected chi connectivity index (χ2v) is 10.1. The lowest BCUT2D eigenvalue weighted by Crippen LogP contribution is -2.52. The number of methoxy groups -OCH3 is 1. The molecule has 2 saturated heterocycles. The molecule has 33 heavy (non-hydrogen) atoms. The molecule has 2 aliphatic heterocycles. The number of rotatable bonds is 6. The molecule has 0 unspecified atom stereocenters. The zero-order valence-corrected chi connectivity index (χ0v) is 19.9. The average molecular weight is 470 g/mol. The number of aromatic nitrogens is 1. The van der Waals surface area contributed by atoms with Crippen molar-refractivity contribution < 1.29 is 14.3 Å². The molecule has 3 heterocycles. The molecule has 1 aromatic heterocycles. The van der Waals surface area contributed by atoms with Crippen molar-refractivity contribution in [3.8, 4) is 16.3 Å². The highest BCUT2D eigenvalue weighted by atomic mass is 32.1. The fraction of sp³-hybridized carbons (Fsp3) is 0.542. The van der Waals surface area contributed by atoms with Crippen LogP contribution in [0.15, 0.2) is 29.6 Å². The molecule has 3 fully saturated rings. The van der Waals surface area contributed by atoms with Gasteiger partial charge >= 0.3 is 6.03 Å². The van der Waals surface area contributed by atoms with Gasteiger partial charge in [-0.1, -0.05) is 19.3 Å². The molecule has 1 spiro atoms. The summed E-state index contributed by atoms with van der Waals surface area (Å²) in [5, 5.41) is 6.15. The Morgan fingerprint density at radius 3 is 2.42 bits per heavy atom. The third kappa shape index (κ3) is 4.62. The van der Waals surface area contributed by atoms with Crippen molar-refractivity contribution in [2.45, 2.75) is 44.2 Å². The summed E-state index contributed by atoms with van der Waals surface area (Å²) in [6, 6.07) is 7.76. The first-order valence-electron chi connectivity index (χ1n) is 11.7. The molecule has 3 aliphatic rings. The van der Waals surface area contributed by atoms with Crippen molar-refractivity contribution in [2.75, 3.05) is 40.0 Å². The van der Waals surface area contributed by atoms with Crippen molar-refractivity contribution in [3.63, 3.8) is 0 Å². The van der Waals surface area contributed by atoms with Crippen LogP contribution in [0.25, 0.3) is 10.6 Å². The number of urea groups is 1. The van der Waals surface area contributed by atoms with E-state index in [2.05, 4.69) is 20.5 Å². The van der Waals surface area contributed by atoms with Crippen LogP contribution in [-0.2, 0) is 11.3 Å². The summed E-state index contributed by atoms with van der Waals surface area (Å²) >= 11 is 1.66. The number of carbonyl (C=O) groups is 2. The standard InChI is InChI=1S/C24H31N5O3S/c1-32-20-7-5-18(6-8-20)21-25-19(16-33-21)15-27-11-13-28(14-12-27)17-29-22(30)24(26-23(29)31)9-3-2-4-10-24/h5-8,16H,2-4,9-15,17H2,1H3,(H,26,31). The SMILES string of the molecule is COc1ccc(-c2nc(CN3CCN(CN4C(=O)NC5(CCCCC5)C4=O)CC3)cs2)cc1. The summed E-state index contributed by atoms with van der Waals surface area (Å²) in [6.07, 6.45) is 4.71. The van der Waals surface area contributed by atoms with Gasteiger partial charge in [-0.2, -0.15) is 0 Å². The lowest BCUT2D eigenvalue weighted by Gasteiger charge is -2.36. The fourth-order valence-corrected chi connectivity index (χ4v) is 5.88. The Kier molecular flexibility index (Phi) is 6.36. The van der Waals surface area contributed by atoms with E-state index in [9.17, 15) is 9.59 Å². The Morgan fingerprint density at radius 2 is 1.73 bits per heavy atom. The molecule has 9 heteroatoms. The normalized spacial score (nSPS) is 21.5. The first-order chi connectivity index (χ1) is 16.1. The van der Waals surface area contributed by atoms with Gasteiger partial charge in [0.15, 0.2) is 0 Å². The maximum Gasteiger partial charge on any atom is 0.326 e. The number of benzene rings is 1. The average Bonchev–Trinajstić information content (AvgIpc) is 3.39. The van der Waals surface area contributed by atoms with Gasteiger partial charge in [0, 0.05) is 43.7 Å². The van der Waals surface area contributed by atoms with Crippen LogP contribution in [0.3, 0.4) is 0 Å². The van der Waals surface area contributed by atoms with Crippen LogP contribution in [0.5, 0.6) is 5.75 Å². The van der Waals surface area contributed by atoms with Crippen molar-refractivity contribution in [1.29, 1.82) is 0 Å². The fourth-order valence-electron chi connectivity index (χ4n) is 5.06. The Labute approximate surface area is 198 Å². The van der Waals surface area contributed by atoms with Gasteiger partial charge in [0.2, 0.25) is 0 Å². The molecule has 0 bridgehead atoms. The molecular formula is C24H31N5O3S. The summed E-state index contributed by atoms with van der Waals surface area (Å²) in [6.45, 7) is 4.65. The minimum atomic E-state index is -0.636. The van der Waals surface area contributed by atoms with E-state index in [-0.39, 0.29) is 11.9 Å². The van der Waals surface area contributed by atoms with Gasteiger partial charge in [-0.3, -0.25) is 14.6 Å². The van der Waals surface area contributed by atoms with E-state index in [1.165, 1.54) is 4.90 Å². The largest absolute Gasteiger partial charge is 0.497 e. The van der Waals surface area contributed by atoms with E-state index < -0.39 is 5.54 Å². The molecule has 0 radical (unpaired) electrons. The Bertz CT molecular complexity index is 994. The van der Waals surface area contributed by atoms with Gasteiger partial charge in [0.1, 0.15) is 16.3 Å². The van der Waals surface area contributed by atoms with Gasteiger partial charge in [0.05, 0.1) is 19.5 Å². The number of ether oxygens (including phenoxy) is 1. The third-order valence-electron chi connectivity index (χ3n) is 7.03. The number of carbonyl (C=O) groups excluding carboxylic acids is 2. The molecule has 8 nitrogen and oxygen atoms in total. The molecule has 5 rings (SSSR count). The smallest absolute Gasteiger partial charge is 0.326 e. The van der Waals surface area contributed by atoms with E-state index in [1.54, 1.807) is 18.4 Å². The van der Waals surface area contributed by atoms with Crippen LogP contribution >= 0.6 is 11.3 Å². The van der Waals surface area contributed by atoms with Crippen LogP contribution in [0.2, 0.25) is 0 Å². The van der Waals surface area contributed by atoms with Crippen molar-refractivity contribution >= 4 is 23.3 Å². The monoisotopic (exact) mass is 469 g/mol. The zero-order valence-electron chi connectivity index (χ0n) is 19.1. The Morgan fingerprint density at radius 1 is 1.03 bits per heavy atom. The molecule has 2 aromatic rings. The van der Waals surface area contributed by atoms with Crippen LogP contribution in [0.1, 0.15) is 37.8 Å². The highest BCUT2D eigenvalue weighted by molar-refractivity contribution is 7.13. The Hall–Kier alpha value is -2.49. The van der Waals surface area contributed by atoms with Gasteiger partial charge in [-0.25, -0.2) is 14.7 Å². The van der Waals surface area contributed by atoms with Crippen LogP contribution in [-0.4, -0.2) is 77.1 Å². The van der Waals surface area contributed by atoms with Crippen LogP contribution < -0.4 is 10.1 Å². The van der Waals surface area contributed by atoms with E-state index in [0.717, 1.165) is 86.8 Å². The van der Waals surface area contributed by atoms with E-state index >= 15 is 0 Å². The van der Waals surface area contributed by atoms with Crippen LogP contribution in [0, 0.1) is 0 Å². The highest BCUT2D eigenvalue weighted by Gasteiger charge is 2.51. The lowest BCUT2D eigenvalue weighted by molar-refractivity contribution is -0.134. The minimum absolute atomic E-state index is 0.0248. The number of amides is 3. The number of hydrogen-bond donors (Lipinski definition) is 1. The molecule has 1 saturated carbocycles. The highest BCUT2D eigenvalue weighted by Crippen LogP contribution is 2.34. The third-order valence-corrected chi connectivity index (χ3v) is 7.97. The van der Waals surface area contributed by atoms with E-state index in [4.69, 9.17) is 9.72 Å². The lowest BCUT2D eigenvalue weighted by atomic mass is 9.82.